The molecule has 0 saturated heterocycles. The van der Waals surface area contributed by atoms with Crippen molar-refractivity contribution in [2.24, 2.45) is 0 Å². The molecule has 0 bridgehead atoms. The van der Waals surface area contributed by atoms with Crippen LogP contribution in [0.1, 0.15) is 29.0 Å². The Bertz CT molecular complexity index is 643. The van der Waals surface area contributed by atoms with Crippen LogP contribution >= 0.6 is 0 Å². The number of aryl methyl sites for hydroxylation is 1. The number of hydrogen-bond donors (Lipinski definition) is 0. The Kier molecular flexibility index (Phi) is 5.38. The van der Waals surface area contributed by atoms with Gasteiger partial charge in [-0.05, 0) is 24.7 Å². The minimum absolute atomic E-state index is 0.241. The van der Waals surface area contributed by atoms with Crippen LogP contribution in [-0.4, -0.2) is 35.9 Å². The monoisotopic (exact) mass is 329 g/mol. The van der Waals surface area contributed by atoms with Crippen LogP contribution in [-0.2, 0) is 17.5 Å². The van der Waals surface area contributed by atoms with Gasteiger partial charge in [-0.1, -0.05) is 12.1 Å². The number of methoxy groups -OCH3 is 1. The molecule has 0 radical (unpaired) electrons. The van der Waals surface area contributed by atoms with E-state index in [9.17, 15) is 13.2 Å². The molecule has 5 nitrogen and oxygen atoms in total. The van der Waals surface area contributed by atoms with Crippen molar-refractivity contribution in [3.63, 3.8) is 0 Å². The molecule has 1 heterocycles. The van der Waals surface area contributed by atoms with Crippen molar-refractivity contribution in [1.29, 1.82) is 0 Å². The van der Waals surface area contributed by atoms with Gasteiger partial charge in [0.15, 0.2) is 0 Å². The zero-order valence-electron chi connectivity index (χ0n) is 13.1. The van der Waals surface area contributed by atoms with Gasteiger partial charge in [0.05, 0.1) is 24.8 Å². The van der Waals surface area contributed by atoms with E-state index in [1.54, 1.807) is 20.0 Å². The lowest BCUT2D eigenvalue weighted by atomic mass is 10.0. The van der Waals surface area contributed by atoms with Crippen LogP contribution in [0, 0.1) is 6.92 Å². The third-order valence-corrected chi connectivity index (χ3v) is 3.41. The van der Waals surface area contributed by atoms with Crippen LogP contribution in [0.4, 0.5) is 13.2 Å². The highest BCUT2D eigenvalue weighted by Gasteiger charge is 2.31. The van der Waals surface area contributed by atoms with Gasteiger partial charge in [0.2, 0.25) is 11.8 Å². The maximum atomic E-state index is 12.9. The minimum Gasteiger partial charge on any atom is -0.424 e. The van der Waals surface area contributed by atoms with Crippen molar-refractivity contribution in [2.75, 3.05) is 20.8 Å². The second kappa shape index (κ2) is 7.10. The fourth-order valence-corrected chi connectivity index (χ4v) is 2.28. The standard InChI is InChI=1S/C15H18F3N3O2/c1-10-19-20-14(23-10)8-21(2)13(9-22-3)11-5-4-6-12(7-11)15(16,17)18/h4-7,13H,8-9H2,1-3H3/t13-/m1/s1. The summed E-state index contributed by atoms with van der Waals surface area (Å²) in [5.41, 5.74) is -0.168. The quantitative estimate of drug-likeness (QED) is 0.814. The number of nitrogens with zero attached hydrogens (tertiary/aromatic N) is 3. The Hall–Kier alpha value is -1.93. The molecule has 0 aliphatic carbocycles. The number of ether oxygens (including phenoxy) is 1. The van der Waals surface area contributed by atoms with E-state index in [4.69, 9.17) is 9.15 Å². The van der Waals surface area contributed by atoms with E-state index in [2.05, 4.69) is 10.2 Å². The number of halogens is 3. The van der Waals surface area contributed by atoms with Crippen molar-refractivity contribution in [2.45, 2.75) is 25.7 Å². The van der Waals surface area contributed by atoms with Crippen LogP contribution < -0.4 is 0 Å². The molecular weight excluding hydrogens is 311 g/mol. The first-order chi connectivity index (χ1) is 10.8. The predicted octanol–water partition coefficient (Wildman–Crippen LogP) is 3.22. The lowest BCUT2D eigenvalue weighted by molar-refractivity contribution is -0.137. The van der Waals surface area contributed by atoms with Crippen molar-refractivity contribution < 1.29 is 22.3 Å². The van der Waals surface area contributed by atoms with E-state index in [0.29, 0.717) is 23.9 Å². The number of aromatic nitrogens is 2. The first-order valence-corrected chi connectivity index (χ1v) is 6.96. The Balaban J connectivity index is 2.23. The van der Waals surface area contributed by atoms with Gasteiger partial charge in [-0.15, -0.1) is 10.2 Å². The molecule has 0 spiro atoms. The summed E-state index contributed by atoms with van der Waals surface area (Å²) in [6, 6.07) is 4.86. The predicted molar refractivity (Wildman–Crippen MR) is 76.6 cm³/mol. The fraction of sp³-hybridized carbons (Fsp3) is 0.467. The summed E-state index contributed by atoms with van der Waals surface area (Å²) in [6.07, 6.45) is -4.38. The Labute approximate surface area is 132 Å². The topological polar surface area (TPSA) is 51.4 Å². The van der Waals surface area contributed by atoms with Crippen molar-refractivity contribution in [3.05, 3.63) is 47.2 Å². The van der Waals surface area contributed by atoms with Crippen LogP contribution in [0.15, 0.2) is 28.7 Å². The average Bonchev–Trinajstić information content (AvgIpc) is 2.89. The van der Waals surface area contributed by atoms with Gasteiger partial charge in [0.1, 0.15) is 0 Å². The average molecular weight is 329 g/mol. The Morgan fingerprint density at radius 2 is 2.04 bits per heavy atom. The number of likely N-dealkylation sites (N-methyl/N-ethyl adjacent to an activating group) is 1. The summed E-state index contributed by atoms with van der Waals surface area (Å²) in [4.78, 5) is 1.81. The molecule has 1 aromatic carbocycles. The number of alkyl halides is 3. The molecule has 8 heteroatoms. The summed E-state index contributed by atoms with van der Waals surface area (Å²) in [5.74, 6) is 0.842. The van der Waals surface area contributed by atoms with E-state index in [1.807, 2.05) is 4.90 Å². The largest absolute Gasteiger partial charge is 0.424 e. The van der Waals surface area contributed by atoms with E-state index in [1.165, 1.54) is 13.2 Å². The van der Waals surface area contributed by atoms with Gasteiger partial charge in [0.25, 0.3) is 0 Å². The zero-order chi connectivity index (χ0) is 17.0. The second-order valence-corrected chi connectivity index (χ2v) is 5.22. The molecule has 23 heavy (non-hydrogen) atoms. The van der Waals surface area contributed by atoms with Crippen molar-refractivity contribution >= 4 is 0 Å². The normalized spacial score (nSPS) is 13.5. The molecular formula is C15H18F3N3O2. The van der Waals surface area contributed by atoms with Gasteiger partial charge in [-0.25, -0.2) is 0 Å². The molecule has 126 valence electrons. The third-order valence-electron chi connectivity index (χ3n) is 3.41. The zero-order valence-corrected chi connectivity index (χ0v) is 13.1. The van der Waals surface area contributed by atoms with Gasteiger partial charge in [0, 0.05) is 14.0 Å². The SMILES string of the molecule is COC[C@H](c1cccc(C(F)(F)F)c1)N(C)Cc1nnc(C)o1. The Morgan fingerprint density at radius 1 is 1.30 bits per heavy atom. The first kappa shape index (κ1) is 17.4. The first-order valence-electron chi connectivity index (χ1n) is 6.96. The molecule has 0 aliphatic rings. The van der Waals surface area contributed by atoms with Gasteiger partial charge in [-0.2, -0.15) is 13.2 Å². The summed E-state index contributed by atoms with van der Waals surface area (Å²) in [5, 5.41) is 7.64. The highest BCUT2D eigenvalue weighted by atomic mass is 19.4. The molecule has 0 N–H and O–H groups in total. The molecule has 0 saturated carbocycles. The van der Waals surface area contributed by atoms with Crippen LogP contribution in [0.5, 0.6) is 0 Å². The lowest BCUT2D eigenvalue weighted by Crippen LogP contribution is -2.28. The van der Waals surface area contributed by atoms with Crippen LogP contribution in [0.2, 0.25) is 0 Å². The highest BCUT2D eigenvalue weighted by Crippen LogP contribution is 2.32. The number of hydrogen-bond acceptors (Lipinski definition) is 5. The van der Waals surface area contributed by atoms with E-state index < -0.39 is 11.7 Å². The smallest absolute Gasteiger partial charge is 0.416 e. The van der Waals surface area contributed by atoms with Gasteiger partial charge in [-0.3, -0.25) is 4.90 Å². The molecule has 2 aromatic rings. The van der Waals surface area contributed by atoms with E-state index in [0.717, 1.165) is 12.1 Å². The fourth-order valence-electron chi connectivity index (χ4n) is 2.28. The number of rotatable bonds is 6. The Morgan fingerprint density at radius 3 is 2.61 bits per heavy atom. The van der Waals surface area contributed by atoms with Gasteiger partial charge >= 0.3 is 6.18 Å². The summed E-state index contributed by atoms with van der Waals surface area (Å²) < 4.78 is 49.1. The molecule has 2 rings (SSSR count). The number of benzene rings is 1. The van der Waals surface area contributed by atoms with Crippen LogP contribution in [0.25, 0.3) is 0 Å². The highest BCUT2D eigenvalue weighted by molar-refractivity contribution is 5.28. The molecule has 0 aliphatic heterocycles. The summed E-state index contributed by atoms with van der Waals surface area (Å²) in [6.45, 7) is 2.23. The molecule has 1 atom stereocenters. The summed E-state index contributed by atoms with van der Waals surface area (Å²) >= 11 is 0. The lowest BCUT2D eigenvalue weighted by Gasteiger charge is -2.27. The van der Waals surface area contributed by atoms with E-state index in [-0.39, 0.29) is 12.6 Å². The summed E-state index contributed by atoms with van der Waals surface area (Å²) in [7, 11) is 3.27. The third kappa shape index (κ3) is 4.52. The van der Waals surface area contributed by atoms with Crippen molar-refractivity contribution in [3.8, 4) is 0 Å². The second-order valence-electron chi connectivity index (χ2n) is 5.22. The van der Waals surface area contributed by atoms with Gasteiger partial charge < -0.3 is 9.15 Å². The van der Waals surface area contributed by atoms with Crippen molar-refractivity contribution in [1.82, 2.24) is 15.1 Å². The molecule has 0 unspecified atom stereocenters. The molecule has 0 amide bonds. The van der Waals surface area contributed by atoms with E-state index >= 15 is 0 Å². The maximum Gasteiger partial charge on any atom is 0.416 e. The maximum absolute atomic E-state index is 12.9. The van der Waals surface area contributed by atoms with Crippen LogP contribution in [0.3, 0.4) is 0 Å². The molecule has 1 aromatic heterocycles. The minimum atomic E-state index is -4.38. The molecule has 0 fully saturated rings.